The molecule has 4 N–H and O–H groups in total. The van der Waals surface area contributed by atoms with Gasteiger partial charge < -0.3 is 16.4 Å². The van der Waals surface area contributed by atoms with Gasteiger partial charge in [0.15, 0.2) is 0 Å². The standard InChI is InChI=1S/C23H28N4O5S/c1-16-5-10-19(33(31,32)27-11-3-2-4-12-27)13-20(16)23(30)25-14-17-6-8-18(9-7-17)22(29)26-15-21(24)28/h5-10,13H,2-4,11-12,14-15H2,1H3,(H2,24,28)(H,25,30)(H,26,29). The van der Waals surface area contributed by atoms with Gasteiger partial charge >= 0.3 is 0 Å². The highest BCUT2D eigenvalue weighted by Crippen LogP contribution is 2.23. The van der Waals surface area contributed by atoms with Crippen molar-refractivity contribution in [3.63, 3.8) is 0 Å². The van der Waals surface area contributed by atoms with Crippen LogP contribution in [0, 0.1) is 6.92 Å². The van der Waals surface area contributed by atoms with Gasteiger partial charge in [-0.15, -0.1) is 0 Å². The molecule has 1 saturated heterocycles. The molecule has 0 bridgehead atoms. The average Bonchev–Trinajstić information content (AvgIpc) is 2.82. The first-order valence-electron chi connectivity index (χ1n) is 10.7. The first-order valence-corrected chi connectivity index (χ1v) is 12.2. The van der Waals surface area contributed by atoms with Crippen LogP contribution in [0.15, 0.2) is 47.4 Å². The summed E-state index contributed by atoms with van der Waals surface area (Å²) in [5, 5.41) is 5.20. The predicted molar refractivity (Wildman–Crippen MR) is 123 cm³/mol. The molecule has 10 heteroatoms. The van der Waals surface area contributed by atoms with Crippen LogP contribution in [0.4, 0.5) is 0 Å². The van der Waals surface area contributed by atoms with Gasteiger partial charge in [0.1, 0.15) is 0 Å². The minimum Gasteiger partial charge on any atom is -0.368 e. The van der Waals surface area contributed by atoms with E-state index in [0.29, 0.717) is 29.8 Å². The van der Waals surface area contributed by atoms with Crippen molar-refractivity contribution in [1.29, 1.82) is 0 Å². The summed E-state index contributed by atoms with van der Waals surface area (Å²) in [6.07, 6.45) is 2.70. The maximum absolute atomic E-state index is 13.0. The number of nitrogens with two attached hydrogens (primary N) is 1. The minimum absolute atomic E-state index is 0.117. The van der Waals surface area contributed by atoms with Crippen LogP contribution < -0.4 is 16.4 Å². The molecule has 1 heterocycles. The molecule has 2 aromatic carbocycles. The second kappa shape index (κ2) is 10.6. The number of sulfonamides is 1. The number of piperidine rings is 1. The summed E-state index contributed by atoms with van der Waals surface area (Å²) in [7, 11) is -3.64. The second-order valence-electron chi connectivity index (χ2n) is 7.97. The van der Waals surface area contributed by atoms with Crippen LogP contribution in [0.25, 0.3) is 0 Å². The van der Waals surface area contributed by atoms with Crippen LogP contribution >= 0.6 is 0 Å². The molecule has 0 radical (unpaired) electrons. The van der Waals surface area contributed by atoms with E-state index >= 15 is 0 Å². The first kappa shape index (κ1) is 24.4. The molecule has 2 aromatic rings. The second-order valence-corrected chi connectivity index (χ2v) is 9.91. The van der Waals surface area contributed by atoms with E-state index < -0.39 is 21.8 Å². The average molecular weight is 473 g/mol. The molecule has 0 aromatic heterocycles. The van der Waals surface area contributed by atoms with Crippen molar-refractivity contribution in [3.8, 4) is 0 Å². The number of benzene rings is 2. The quantitative estimate of drug-likeness (QED) is 0.532. The van der Waals surface area contributed by atoms with E-state index in [1.54, 1.807) is 37.3 Å². The van der Waals surface area contributed by atoms with Crippen LogP contribution in [0.3, 0.4) is 0 Å². The zero-order valence-electron chi connectivity index (χ0n) is 18.5. The van der Waals surface area contributed by atoms with Gasteiger partial charge in [0.25, 0.3) is 11.8 Å². The zero-order valence-corrected chi connectivity index (χ0v) is 19.3. The van der Waals surface area contributed by atoms with E-state index in [4.69, 9.17) is 5.73 Å². The number of nitrogens with one attached hydrogen (secondary N) is 2. The summed E-state index contributed by atoms with van der Waals surface area (Å²) in [5.41, 5.74) is 7.10. The first-order chi connectivity index (χ1) is 15.7. The van der Waals surface area contributed by atoms with Gasteiger partial charge in [-0.1, -0.05) is 24.6 Å². The topological polar surface area (TPSA) is 139 Å². The molecule has 0 spiro atoms. The molecular formula is C23H28N4O5S. The SMILES string of the molecule is Cc1ccc(S(=O)(=O)N2CCCCC2)cc1C(=O)NCc1ccc(C(=O)NCC(N)=O)cc1. The number of carbonyl (C=O) groups is 3. The minimum atomic E-state index is -3.64. The molecular weight excluding hydrogens is 444 g/mol. The van der Waals surface area contributed by atoms with E-state index in [1.807, 2.05) is 0 Å². The van der Waals surface area contributed by atoms with Crippen LogP contribution in [0.2, 0.25) is 0 Å². The number of nitrogens with zero attached hydrogens (tertiary/aromatic N) is 1. The Morgan fingerprint density at radius 2 is 1.61 bits per heavy atom. The Morgan fingerprint density at radius 1 is 0.939 bits per heavy atom. The van der Waals surface area contributed by atoms with Crippen LogP contribution in [0.1, 0.15) is 51.1 Å². The van der Waals surface area contributed by atoms with Gasteiger partial charge in [0, 0.05) is 30.8 Å². The van der Waals surface area contributed by atoms with Gasteiger partial charge in [0.2, 0.25) is 15.9 Å². The van der Waals surface area contributed by atoms with E-state index in [-0.39, 0.29) is 23.9 Å². The third-order valence-corrected chi connectivity index (χ3v) is 7.39. The van der Waals surface area contributed by atoms with Crippen LogP contribution in [-0.2, 0) is 21.4 Å². The Kier molecular flexibility index (Phi) is 7.83. The Morgan fingerprint density at radius 3 is 2.24 bits per heavy atom. The molecule has 33 heavy (non-hydrogen) atoms. The number of primary amides is 1. The molecule has 1 fully saturated rings. The van der Waals surface area contributed by atoms with Crippen molar-refractivity contribution in [2.45, 2.75) is 37.6 Å². The fraction of sp³-hybridized carbons (Fsp3) is 0.348. The molecule has 176 valence electrons. The largest absolute Gasteiger partial charge is 0.368 e. The molecule has 0 atom stereocenters. The fourth-order valence-electron chi connectivity index (χ4n) is 3.58. The molecule has 3 amide bonds. The van der Waals surface area contributed by atoms with E-state index in [1.165, 1.54) is 16.4 Å². The van der Waals surface area contributed by atoms with Crippen molar-refractivity contribution in [1.82, 2.24) is 14.9 Å². The number of amides is 3. The summed E-state index contributed by atoms with van der Waals surface area (Å²) < 4.78 is 27.4. The van der Waals surface area contributed by atoms with E-state index in [9.17, 15) is 22.8 Å². The van der Waals surface area contributed by atoms with Crippen molar-refractivity contribution in [2.75, 3.05) is 19.6 Å². The highest BCUT2D eigenvalue weighted by molar-refractivity contribution is 7.89. The maximum Gasteiger partial charge on any atom is 0.251 e. The highest BCUT2D eigenvalue weighted by atomic mass is 32.2. The maximum atomic E-state index is 13.0. The lowest BCUT2D eigenvalue weighted by Gasteiger charge is -2.26. The molecule has 0 aliphatic carbocycles. The lowest BCUT2D eigenvalue weighted by Crippen LogP contribution is -2.35. The molecule has 3 rings (SSSR count). The summed E-state index contributed by atoms with van der Waals surface area (Å²) >= 11 is 0. The lowest BCUT2D eigenvalue weighted by atomic mass is 10.1. The molecule has 0 unspecified atom stereocenters. The van der Waals surface area contributed by atoms with Crippen LogP contribution in [-0.4, -0.2) is 50.1 Å². The Hall–Kier alpha value is -3.24. The predicted octanol–water partition coefficient (Wildman–Crippen LogP) is 1.31. The molecule has 0 saturated carbocycles. The van der Waals surface area contributed by atoms with Gasteiger partial charge in [-0.05, 0) is 55.2 Å². The Labute approximate surface area is 193 Å². The summed E-state index contributed by atoms with van der Waals surface area (Å²) in [5.74, 6) is -1.44. The summed E-state index contributed by atoms with van der Waals surface area (Å²) in [4.78, 5) is 35.6. The number of rotatable bonds is 8. The van der Waals surface area contributed by atoms with Gasteiger partial charge in [-0.2, -0.15) is 4.31 Å². The van der Waals surface area contributed by atoms with Gasteiger partial charge in [-0.25, -0.2) is 8.42 Å². The molecule has 1 aliphatic rings. The van der Waals surface area contributed by atoms with Crippen molar-refractivity contribution >= 4 is 27.7 Å². The number of carbonyl (C=O) groups excluding carboxylic acids is 3. The Bertz CT molecular complexity index is 1140. The van der Waals surface area contributed by atoms with Crippen molar-refractivity contribution in [3.05, 3.63) is 64.7 Å². The normalized spacial score (nSPS) is 14.5. The van der Waals surface area contributed by atoms with Gasteiger partial charge in [-0.3, -0.25) is 14.4 Å². The summed E-state index contributed by atoms with van der Waals surface area (Å²) in [6.45, 7) is 2.70. The highest BCUT2D eigenvalue weighted by Gasteiger charge is 2.27. The fourth-order valence-corrected chi connectivity index (χ4v) is 5.13. The monoisotopic (exact) mass is 472 g/mol. The number of aryl methyl sites for hydroxylation is 1. The number of hydrogen-bond donors (Lipinski definition) is 3. The smallest absolute Gasteiger partial charge is 0.251 e. The van der Waals surface area contributed by atoms with Gasteiger partial charge in [0.05, 0.1) is 11.4 Å². The lowest BCUT2D eigenvalue weighted by molar-refractivity contribution is -0.117. The third-order valence-electron chi connectivity index (χ3n) is 5.50. The van der Waals surface area contributed by atoms with Crippen molar-refractivity contribution in [2.24, 2.45) is 5.73 Å². The zero-order chi connectivity index (χ0) is 24.0. The Balaban J connectivity index is 1.66. The molecule has 9 nitrogen and oxygen atoms in total. The third kappa shape index (κ3) is 6.17. The molecule has 1 aliphatic heterocycles. The summed E-state index contributed by atoms with van der Waals surface area (Å²) in [6, 6.07) is 11.1. The van der Waals surface area contributed by atoms with Crippen molar-refractivity contribution < 1.29 is 22.8 Å². The number of hydrogen-bond acceptors (Lipinski definition) is 5. The van der Waals surface area contributed by atoms with E-state index in [2.05, 4.69) is 10.6 Å². The van der Waals surface area contributed by atoms with E-state index in [0.717, 1.165) is 24.8 Å². The van der Waals surface area contributed by atoms with Crippen LogP contribution in [0.5, 0.6) is 0 Å².